The Kier molecular flexibility index (Phi) is 4.50. The van der Waals surface area contributed by atoms with E-state index in [1.807, 2.05) is 45.0 Å². The van der Waals surface area contributed by atoms with E-state index in [1.54, 1.807) is 4.57 Å². The van der Waals surface area contributed by atoms with Crippen LogP contribution in [-0.2, 0) is 12.8 Å². The Hall–Kier alpha value is -2.83. The lowest BCUT2D eigenvalue weighted by molar-refractivity contribution is 0.340. The van der Waals surface area contributed by atoms with E-state index in [9.17, 15) is 4.79 Å². The summed E-state index contributed by atoms with van der Waals surface area (Å²) < 4.78 is 7.04. The van der Waals surface area contributed by atoms with Gasteiger partial charge in [-0.15, -0.1) is 0 Å². The summed E-state index contributed by atoms with van der Waals surface area (Å²) >= 11 is 0. The van der Waals surface area contributed by atoms with Crippen molar-refractivity contribution < 1.29 is 4.74 Å². The van der Waals surface area contributed by atoms with E-state index in [0.717, 1.165) is 29.2 Å². The number of aryl methyl sites for hydroxylation is 3. The zero-order valence-electron chi connectivity index (χ0n) is 14.1. The van der Waals surface area contributed by atoms with Gasteiger partial charge in [-0.1, -0.05) is 0 Å². The third-order valence-electron chi connectivity index (χ3n) is 4.03. The molecule has 7 nitrogen and oxygen atoms in total. The molecular weight excluding hydrogens is 306 g/mol. The number of ether oxygens (including phenoxy) is 1. The number of benzene rings is 1. The molecule has 1 aromatic carbocycles. The average molecular weight is 327 g/mol. The van der Waals surface area contributed by atoms with Crippen LogP contribution in [0.3, 0.4) is 0 Å². The molecule has 7 heteroatoms. The second-order valence-electron chi connectivity index (χ2n) is 5.62. The maximum Gasteiger partial charge on any atom is 0.347 e. The molecule has 0 aliphatic heterocycles. The second kappa shape index (κ2) is 6.74. The maximum atomic E-state index is 12.1. The van der Waals surface area contributed by atoms with E-state index in [1.165, 1.54) is 5.56 Å². The number of nitrogens with zero attached hydrogens (tertiary/aromatic N) is 3. The number of nitrogens with one attached hydrogen (secondary N) is 2. The number of aromatic amines is 2. The summed E-state index contributed by atoms with van der Waals surface area (Å²) in [4.78, 5) is 12.1. The topological polar surface area (TPSA) is 88.6 Å². The predicted molar refractivity (Wildman–Crippen MR) is 90.8 cm³/mol. The smallest absolute Gasteiger partial charge is 0.347 e. The van der Waals surface area contributed by atoms with Gasteiger partial charge in [0.05, 0.1) is 18.0 Å². The molecule has 3 aromatic rings. The SMILES string of the molecule is CCOc1ccc(-n2c(CCc3c(C)n[nH]c3C)n[nH]c2=O)cc1. The van der Waals surface area contributed by atoms with Crippen molar-refractivity contribution >= 4 is 0 Å². The zero-order chi connectivity index (χ0) is 17.1. The van der Waals surface area contributed by atoms with Crippen molar-refractivity contribution in [2.75, 3.05) is 6.61 Å². The first-order valence-electron chi connectivity index (χ1n) is 8.00. The molecule has 0 radical (unpaired) electrons. The van der Waals surface area contributed by atoms with E-state index in [-0.39, 0.29) is 5.69 Å². The summed E-state index contributed by atoms with van der Waals surface area (Å²) in [7, 11) is 0. The fourth-order valence-corrected chi connectivity index (χ4v) is 2.80. The largest absolute Gasteiger partial charge is 0.494 e. The molecule has 0 aliphatic carbocycles. The van der Waals surface area contributed by atoms with Crippen LogP contribution < -0.4 is 10.4 Å². The van der Waals surface area contributed by atoms with E-state index < -0.39 is 0 Å². The lowest BCUT2D eigenvalue weighted by Crippen LogP contribution is -2.17. The van der Waals surface area contributed by atoms with Crippen LogP contribution in [0.2, 0.25) is 0 Å². The molecule has 0 unspecified atom stereocenters. The molecule has 0 atom stereocenters. The quantitative estimate of drug-likeness (QED) is 0.725. The highest BCUT2D eigenvalue weighted by molar-refractivity contribution is 5.38. The molecule has 2 heterocycles. The minimum Gasteiger partial charge on any atom is -0.494 e. The Bertz CT molecular complexity index is 854. The van der Waals surface area contributed by atoms with Crippen molar-refractivity contribution in [3.63, 3.8) is 0 Å². The van der Waals surface area contributed by atoms with Crippen molar-refractivity contribution in [3.05, 3.63) is 57.5 Å². The van der Waals surface area contributed by atoms with Crippen LogP contribution in [0.15, 0.2) is 29.1 Å². The first-order chi connectivity index (χ1) is 11.6. The number of hydrogen-bond acceptors (Lipinski definition) is 4. The van der Waals surface area contributed by atoms with Crippen LogP contribution in [0.25, 0.3) is 5.69 Å². The number of rotatable bonds is 6. The van der Waals surface area contributed by atoms with Crippen molar-refractivity contribution in [1.29, 1.82) is 0 Å². The fraction of sp³-hybridized carbons (Fsp3) is 0.353. The number of aromatic nitrogens is 5. The molecule has 0 aliphatic rings. The highest BCUT2D eigenvalue weighted by atomic mass is 16.5. The number of hydrogen-bond donors (Lipinski definition) is 2. The van der Waals surface area contributed by atoms with Crippen LogP contribution in [-0.4, -0.2) is 31.6 Å². The lowest BCUT2D eigenvalue weighted by atomic mass is 10.1. The maximum absolute atomic E-state index is 12.1. The Balaban J connectivity index is 1.85. The van der Waals surface area contributed by atoms with Gasteiger partial charge >= 0.3 is 5.69 Å². The summed E-state index contributed by atoms with van der Waals surface area (Å²) in [6, 6.07) is 7.43. The van der Waals surface area contributed by atoms with Gasteiger partial charge in [0.15, 0.2) is 0 Å². The van der Waals surface area contributed by atoms with Gasteiger partial charge in [-0.25, -0.2) is 14.5 Å². The molecule has 3 rings (SSSR count). The lowest BCUT2D eigenvalue weighted by Gasteiger charge is -2.08. The van der Waals surface area contributed by atoms with Crippen LogP contribution >= 0.6 is 0 Å². The Morgan fingerprint density at radius 2 is 1.83 bits per heavy atom. The van der Waals surface area contributed by atoms with Gasteiger partial charge in [0, 0.05) is 12.1 Å². The Labute approximate surface area is 139 Å². The van der Waals surface area contributed by atoms with Crippen LogP contribution in [0.5, 0.6) is 5.75 Å². The molecular formula is C17H21N5O2. The van der Waals surface area contributed by atoms with Crippen molar-refractivity contribution in [1.82, 2.24) is 25.0 Å². The van der Waals surface area contributed by atoms with Crippen LogP contribution in [0.4, 0.5) is 0 Å². The summed E-state index contributed by atoms with van der Waals surface area (Å²) in [5, 5.41) is 13.9. The van der Waals surface area contributed by atoms with Gasteiger partial charge in [-0.05, 0) is 57.0 Å². The second-order valence-corrected chi connectivity index (χ2v) is 5.62. The van der Waals surface area contributed by atoms with E-state index in [4.69, 9.17) is 4.74 Å². The van der Waals surface area contributed by atoms with Crippen molar-refractivity contribution in [2.24, 2.45) is 0 Å². The summed E-state index contributed by atoms with van der Waals surface area (Å²) in [5.74, 6) is 1.48. The fourth-order valence-electron chi connectivity index (χ4n) is 2.80. The van der Waals surface area contributed by atoms with Crippen molar-refractivity contribution in [2.45, 2.75) is 33.6 Å². The molecule has 0 fully saturated rings. The molecule has 0 saturated carbocycles. The molecule has 24 heavy (non-hydrogen) atoms. The molecule has 126 valence electrons. The summed E-state index contributed by atoms with van der Waals surface area (Å²) in [6.45, 7) is 6.52. The molecule has 0 spiro atoms. The molecule has 0 saturated heterocycles. The normalized spacial score (nSPS) is 11.0. The molecule has 2 N–H and O–H groups in total. The summed E-state index contributed by atoms with van der Waals surface area (Å²) in [5.41, 5.74) is 3.74. The van der Waals surface area contributed by atoms with E-state index in [2.05, 4.69) is 20.4 Å². The molecule has 0 bridgehead atoms. The molecule has 0 amide bonds. The van der Waals surface area contributed by atoms with Crippen LogP contribution in [0, 0.1) is 13.8 Å². The Morgan fingerprint density at radius 1 is 1.08 bits per heavy atom. The third kappa shape index (κ3) is 3.10. The monoisotopic (exact) mass is 327 g/mol. The van der Waals surface area contributed by atoms with Gasteiger partial charge in [-0.2, -0.15) is 10.2 Å². The first-order valence-corrected chi connectivity index (χ1v) is 8.00. The van der Waals surface area contributed by atoms with Gasteiger partial charge in [0.1, 0.15) is 11.6 Å². The van der Waals surface area contributed by atoms with E-state index in [0.29, 0.717) is 18.9 Å². The van der Waals surface area contributed by atoms with Gasteiger partial charge in [-0.3, -0.25) is 5.10 Å². The van der Waals surface area contributed by atoms with Crippen molar-refractivity contribution in [3.8, 4) is 11.4 Å². The van der Waals surface area contributed by atoms with Gasteiger partial charge in [0.25, 0.3) is 0 Å². The van der Waals surface area contributed by atoms with Gasteiger partial charge in [0.2, 0.25) is 0 Å². The zero-order valence-corrected chi connectivity index (χ0v) is 14.1. The van der Waals surface area contributed by atoms with Gasteiger partial charge < -0.3 is 4.74 Å². The summed E-state index contributed by atoms with van der Waals surface area (Å²) in [6.07, 6.45) is 1.42. The van der Waals surface area contributed by atoms with E-state index >= 15 is 0 Å². The average Bonchev–Trinajstić information content (AvgIpc) is 3.09. The standard InChI is InChI=1S/C17H21N5O2/c1-4-24-14-7-5-13(6-8-14)22-16(20-21-17(22)23)10-9-15-11(2)18-19-12(15)3/h5-8H,4,9-10H2,1-3H3,(H,18,19)(H,21,23). The highest BCUT2D eigenvalue weighted by Gasteiger charge is 2.13. The third-order valence-corrected chi connectivity index (χ3v) is 4.03. The van der Waals surface area contributed by atoms with Crippen LogP contribution in [0.1, 0.15) is 29.7 Å². The highest BCUT2D eigenvalue weighted by Crippen LogP contribution is 2.17. The number of H-pyrrole nitrogens is 2. The Morgan fingerprint density at radius 3 is 2.46 bits per heavy atom. The minimum absolute atomic E-state index is 0.241. The minimum atomic E-state index is -0.241. The molecule has 2 aromatic heterocycles. The predicted octanol–water partition coefficient (Wildman–Crippen LogP) is 2.08. The first kappa shape index (κ1) is 16.0.